The average Bonchev–Trinajstić information content (AvgIpc) is 2.89. The molecule has 0 atom stereocenters. The van der Waals surface area contributed by atoms with Crippen molar-refractivity contribution >= 4 is 21.6 Å². The minimum Gasteiger partial charge on any atom is -0.330 e. The van der Waals surface area contributed by atoms with Crippen molar-refractivity contribution in [3.63, 3.8) is 0 Å². The van der Waals surface area contributed by atoms with Gasteiger partial charge in [0, 0.05) is 18.7 Å². The molecule has 4 aromatic carbocycles. The van der Waals surface area contributed by atoms with Crippen LogP contribution in [0.5, 0.6) is 0 Å². The largest absolute Gasteiger partial charge is 0.330 e. The molecule has 0 unspecified atom stereocenters. The average molecular weight is 513 g/mol. The van der Waals surface area contributed by atoms with Gasteiger partial charge in [-0.3, -0.25) is 9.10 Å². The van der Waals surface area contributed by atoms with Crippen LogP contribution in [0.15, 0.2) is 103 Å². The predicted molar refractivity (Wildman–Crippen MR) is 150 cm³/mol. The number of hydrogen-bond acceptors (Lipinski definition) is 3. The molecule has 0 saturated heterocycles. The van der Waals surface area contributed by atoms with Gasteiger partial charge in [0.2, 0.25) is 10.0 Å². The molecule has 4 rings (SSSR count). The minimum atomic E-state index is -3.50. The normalized spacial score (nSPS) is 11.2. The van der Waals surface area contributed by atoms with E-state index in [-0.39, 0.29) is 12.5 Å². The highest BCUT2D eigenvalue weighted by Gasteiger charge is 2.20. The van der Waals surface area contributed by atoms with Crippen molar-refractivity contribution in [2.45, 2.75) is 33.5 Å². The number of nitrogens with zero attached hydrogens (tertiary/aromatic N) is 2. The Morgan fingerprint density at radius 2 is 1.16 bits per heavy atom. The summed E-state index contributed by atoms with van der Waals surface area (Å²) in [7, 11) is -3.50. The Labute approximate surface area is 220 Å². The number of amides is 1. The number of benzene rings is 4. The molecule has 0 aliphatic heterocycles. The summed E-state index contributed by atoms with van der Waals surface area (Å²) in [6.07, 6.45) is 1.21. The second-order valence-corrected chi connectivity index (χ2v) is 11.3. The first-order chi connectivity index (χ1) is 17.7. The second kappa shape index (κ2) is 11.4. The number of anilines is 1. The molecule has 0 radical (unpaired) electrons. The van der Waals surface area contributed by atoms with Crippen molar-refractivity contribution in [1.82, 2.24) is 4.90 Å². The van der Waals surface area contributed by atoms with Gasteiger partial charge < -0.3 is 4.90 Å². The molecule has 37 heavy (non-hydrogen) atoms. The molecule has 0 saturated carbocycles. The van der Waals surface area contributed by atoms with Gasteiger partial charge in [-0.05, 0) is 65.9 Å². The molecule has 1 amide bonds. The molecule has 0 N–H and O–H groups in total. The highest BCUT2D eigenvalue weighted by Crippen LogP contribution is 2.24. The van der Waals surface area contributed by atoms with Crippen LogP contribution in [0.25, 0.3) is 0 Å². The van der Waals surface area contributed by atoms with Crippen molar-refractivity contribution in [2.75, 3.05) is 10.6 Å². The van der Waals surface area contributed by atoms with E-state index in [4.69, 9.17) is 0 Å². The zero-order chi connectivity index (χ0) is 26.4. The number of aryl methyl sites for hydroxylation is 2. The van der Waals surface area contributed by atoms with Crippen LogP contribution >= 0.6 is 0 Å². The lowest BCUT2D eigenvalue weighted by molar-refractivity contribution is 0.0730. The van der Waals surface area contributed by atoms with E-state index >= 15 is 0 Å². The maximum atomic E-state index is 13.6. The monoisotopic (exact) mass is 512 g/mol. The zero-order valence-electron chi connectivity index (χ0n) is 21.5. The van der Waals surface area contributed by atoms with E-state index in [1.165, 1.54) is 10.6 Å². The molecule has 0 spiro atoms. The van der Waals surface area contributed by atoms with Crippen LogP contribution in [0.1, 0.15) is 38.2 Å². The first kappa shape index (κ1) is 26.2. The van der Waals surface area contributed by atoms with Crippen LogP contribution in [0.3, 0.4) is 0 Å². The first-order valence-corrected chi connectivity index (χ1v) is 14.1. The van der Waals surface area contributed by atoms with Crippen LogP contribution in [-0.4, -0.2) is 25.5 Å². The maximum absolute atomic E-state index is 13.6. The zero-order valence-corrected chi connectivity index (χ0v) is 22.3. The Morgan fingerprint density at radius 1 is 0.649 bits per heavy atom. The van der Waals surface area contributed by atoms with Gasteiger partial charge in [0.05, 0.1) is 18.5 Å². The molecule has 0 bridgehead atoms. The molecule has 0 aliphatic carbocycles. The van der Waals surface area contributed by atoms with Gasteiger partial charge in [-0.1, -0.05) is 78.9 Å². The van der Waals surface area contributed by atoms with Gasteiger partial charge in [-0.2, -0.15) is 0 Å². The lowest BCUT2D eigenvalue weighted by Crippen LogP contribution is -2.30. The Hall–Kier alpha value is -3.90. The van der Waals surface area contributed by atoms with Gasteiger partial charge in [0.25, 0.3) is 5.91 Å². The number of carbonyl (C=O) groups excluding carboxylic acids is 1. The summed E-state index contributed by atoms with van der Waals surface area (Å²) < 4.78 is 26.6. The molecular weight excluding hydrogens is 480 g/mol. The Morgan fingerprint density at radius 3 is 1.65 bits per heavy atom. The van der Waals surface area contributed by atoms with Gasteiger partial charge in [0.1, 0.15) is 0 Å². The SMILES string of the molecule is Cc1ccc(N(Cc2ccc(C(=O)N(Cc3ccccc3)Cc3ccccc3)cc2)S(C)(=O)=O)cc1C. The second-order valence-electron chi connectivity index (χ2n) is 9.37. The predicted octanol–water partition coefficient (Wildman–Crippen LogP) is 6.11. The first-order valence-electron chi connectivity index (χ1n) is 12.2. The molecule has 6 heteroatoms. The number of hydrogen-bond donors (Lipinski definition) is 0. The molecule has 190 valence electrons. The topological polar surface area (TPSA) is 57.7 Å². The number of sulfonamides is 1. The number of carbonyl (C=O) groups is 1. The van der Waals surface area contributed by atoms with Crippen molar-refractivity contribution in [2.24, 2.45) is 0 Å². The summed E-state index contributed by atoms with van der Waals surface area (Å²) in [5, 5.41) is 0. The smallest absolute Gasteiger partial charge is 0.254 e. The summed E-state index contributed by atoms with van der Waals surface area (Å²) in [6, 6.07) is 32.7. The summed E-state index contributed by atoms with van der Waals surface area (Å²) in [6.45, 7) is 5.14. The summed E-state index contributed by atoms with van der Waals surface area (Å²) >= 11 is 0. The third kappa shape index (κ3) is 6.86. The Bertz CT molecular complexity index is 1410. The van der Waals surface area contributed by atoms with E-state index in [2.05, 4.69) is 0 Å². The molecule has 0 aromatic heterocycles. The van der Waals surface area contributed by atoms with E-state index in [1.807, 2.05) is 110 Å². The lowest BCUT2D eigenvalue weighted by Gasteiger charge is -2.24. The van der Waals surface area contributed by atoms with Crippen LogP contribution in [-0.2, 0) is 29.7 Å². The van der Waals surface area contributed by atoms with Crippen molar-refractivity contribution in [1.29, 1.82) is 0 Å². The van der Waals surface area contributed by atoms with Crippen LogP contribution in [0, 0.1) is 13.8 Å². The maximum Gasteiger partial charge on any atom is 0.254 e. The molecule has 4 aromatic rings. The van der Waals surface area contributed by atoms with Crippen molar-refractivity contribution < 1.29 is 13.2 Å². The molecule has 5 nitrogen and oxygen atoms in total. The Kier molecular flexibility index (Phi) is 8.09. The van der Waals surface area contributed by atoms with Gasteiger partial charge in [0.15, 0.2) is 0 Å². The summed E-state index contributed by atoms with van der Waals surface area (Å²) in [4.78, 5) is 15.4. The quantitative estimate of drug-likeness (QED) is 0.272. The third-order valence-corrected chi connectivity index (χ3v) is 7.57. The third-order valence-electron chi connectivity index (χ3n) is 6.43. The minimum absolute atomic E-state index is 0.0756. The highest BCUT2D eigenvalue weighted by molar-refractivity contribution is 7.92. The lowest BCUT2D eigenvalue weighted by atomic mass is 10.1. The summed E-state index contributed by atoms with van der Waals surface area (Å²) in [5.41, 5.74) is 6.24. The van der Waals surface area contributed by atoms with Gasteiger partial charge in [-0.25, -0.2) is 8.42 Å². The fourth-order valence-electron chi connectivity index (χ4n) is 4.19. The number of rotatable bonds is 9. The fraction of sp³-hybridized carbons (Fsp3) is 0.194. The van der Waals surface area contributed by atoms with Crippen LogP contribution in [0.4, 0.5) is 5.69 Å². The highest BCUT2D eigenvalue weighted by atomic mass is 32.2. The van der Waals surface area contributed by atoms with E-state index < -0.39 is 10.0 Å². The van der Waals surface area contributed by atoms with Crippen LogP contribution < -0.4 is 4.31 Å². The van der Waals surface area contributed by atoms with Gasteiger partial charge >= 0.3 is 0 Å². The van der Waals surface area contributed by atoms with E-state index in [9.17, 15) is 13.2 Å². The Balaban J connectivity index is 1.56. The molecule has 0 aliphatic rings. The molecule has 0 heterocycles. The van der Waals surface area contributed by atoms with Gasteiger partial charge in [-0.15, -0.1) is 0 Å². The van der Waals surface area contributed by atoms with E-state index in [0.29, 0.717) is 24.3 Å². The van der Waals surface area contributed by atoms with E-state index in [1.54, 1.807) is 12.1 Å². The molecule has 0 fully saturated rings. The van der Waals surface area contributed by atoms with Crippen LogP contribution in [0.2, 0.25) is 0 Å². The van der Waals surface area contributed by atoms with Crippen molar-refractivity contribution in [3.05, 3.63) is 137 Å². The van der Waals surface area contributed by atoms with E-state index in [0.717, 1.165) is 27.8 Å². The molecular formula is C31H32N2O3S. The fourth-order valence-corrected chi connectivity index (χ4v) is 5.07. The standard InChI is InChI=1S/C31H32N2O3S/c1-24-14-19-30(20-25(24)2)33(37(3,35)36)23-28-15-17-29(18-16-28)31(34)32(21-26-10-6-4-7-11-26)22-27-12-8-5-9-13-27/h4-20H,21-23H2,1-3H3. The van der Waals surface area contributed by atoms with Crippen molar-refractivity contribution in [3.8, 4) is 0 Å². The summed E-state index contributed by atoms with van der Waals surface area (Å²) in [5.74, 6) is -0.0756.